The van der Waals surface area contributed by atoms with Crippen molar-refractivity contribution in [2.75, 3.05) is 6.61 Å². The minimum atomic E-state index is -0.533. The van der Waals surface area contributed by atoms with E-state index in [4.69, 9.17) is 9.47 Å². The van der Waals surface area contributed by atoms with Crippen LogP contribution in [0.2, 0.25) is 0 Å². The van der Waals surface area contributed by atoms with Gasteiger partial charge in [0.1, 0.15) is 5.60 Å². The molecule has 0 saturated carbocycles. The average Bonchev–Trinajstić information content (AvgIpc) is 2.59. The minimum Gasteiger partial charge on any atom is -0.462 e. The molecule has 2 aromatic rings. The molecule has 0 aliphatic rings. The smallest absolute Gasteiger partial charge is 0.338 e. The summed E-state index contributed by atoms with van der Waals surface area (Å²) in [6.45, 7) is 7.59. The van der Waals surface area contributed by atoms with Gasteiger partial charge in [0.2, 0.25) is 0 Å². The third-order valence-electron chi connectivity index (χ3n) is 3.45. The normalized spacial score (nSPS) is 11.4. The number of esters is 2. The summed E-state index contributed by atoms with van der Waals surface area (Å²) in [6, 6.07) is 14.9. The summed E-state index contributed by atoms with van der Waals surface area (Å²) in [5.74, 6) is -0.747. The molecule has 0 aliphatic heterocycles. The molecule has 0 fully saturated rings. The van der Waals surface area contributed by atoms with E-state index < -0.39 is 11.6 Å². The predicted molar refractivity (Wildman–Crippen MR) is 103 cm³/mol. The molecule has 0 aliphatic carbocycles. The Hall–Kier alpha value is -2.88. The van der Waals surface area contributed by atoms with Crippen molar-refractivity contribution in [2.45, 2.75) is 33.3 Å². The van der Waals surface area contributed by atoms with Gasteiger partial charge in [0.05, 0.1) is 12.2 Å². The SMILES string of the molecule is CCOC(=O)c1cccc(-c2ccccc2/C=C/C(=O)OC(C)(C)C)c1. The van der Waals surface area contributed by atoms with Crippen molar-refractivity contribution in [3.8, 4) is 11.1 Å². The number of hydrogen-bond acceptors (Lipinski definition) is 4. The Kier molecular flexibility index (Phi) is 6.34. The number of rotatable bonds is 5. The summed E-state index contributed by atoms with van der Waals surface area (Å²) < 4.78 is 10.4. The van der Waals surface area contributed by atoms with Crippen LogP contribution in [0.5, 0.6) is 0 Å². The largest absolute Gasteiger partial charge is 0.462 e. The van der Waals surface area contributed by atoms with Gasteiger partial charge in [-0.25, -0.2) is 9.59 Å². The molecule has 0 atom stereocenters. The summed E-state index contributed by atoms with van der Waals surface area (Å²) >= 11 is 0. The van der Waals surface area contributed by atoms with Gasteiger partial charge in [-0.1, -0.05) is 36.4 Å². The van der Waals surface area contributed by atoms with Crippen molar-refractivity contribution in [2.24, 2.45) is 0 Å². The highest BCUT2D eigenvalue weighted by molar-refractivity contribution is 5.92. The molecule has 4 heteroatoms. The fourth-order valence-corrected chi connectivity index (χ4v) is 2.43. The van der Waals surface area contributed by atoms with Gasteiger partial charge in [-0.3, -0.25) is 0 Å². The van der Waals surface area contributed by atoms with Gasteiger partial charge in [0.15, 0.2) is 0 Å². The number of ether oxygens (including phenoxy) is 2. The van der Waals surface area contributed by atoms with E-state index in [1.165, 1.54) is 6.08 Å². The van der Waals surface area contributed by atoms with Gasteiger partial charge in [-0.05, 0) is 62.6 Å². The Balaban J connectivity index is 2.31. The van der Waals surface area contributed by atoms with Gasteiger partial charge < -0.3 is 9.47 Å². The number of benzene rings is 2. The van der Waals surface area contributed by atoms with Gasteiger partial charge in [0, 0.05) is 6.08 Å². The molecule has 0 bridgehead atoms. The standard InChI is InChI=1S/C22H24O4/c1-5-25-21(24)18-11-8-10-17(15-18)19-12-7-6-9-16(19)13-14-20(23)26-22(2,3)4/h6-15H,5H2,1-4H3/b14-13+. The van der Waals surface area contributed by atoms with Crippen LogP contribution in [0.4, 0.5) is 0 Å². The molecule has 0 unspecified atom stereocenters. The molecule has 26 heavy (non-hydrogen) atoms. The second-order valence-corrected chi connectivity index (χ2v) is 6.76. The van der Waals surface area contributed by atoms with Crippen LogP contribution in [0.25, 0.3) is 17.2 Å². The molecular formula is C22H24O4. The van der Waals surface area contributed by atoms with Crippen LogP contribution >= 0.6 is 0 Å². The molecular weight excluding hydrogens is 328 g/mol. The minimum absolute atomic E-state index is 0.332. The maximum Gasteiger partial charge on any atom is 0.338 e. The summed E-state index contributed by atoms with van der Waals surface area (Å²) in [5, 5.41) is 0. The first-order valence-corrected chi connectivity index (χ1v) is 8.58. The van der Waals surface area contributed by atoms with E-state index in [1.807, 2.05) is 57.2 Å². The second-order valence-electron chi connectivity index (χ2n) is 6.76. The Morgan fingerprint density at radius 2 is 1.77 bits per heavy atom. The molecule has 0 radical (unpaired) electrons. The fraction of sp³-hybridized carbons (Fsp3) is 0.273. The van der Waals surface area contributed by atoms with Crippen molar-refractivity contribution in [1.82, 2.24) is 0 Å². The van der Waals surface area contributed by atoms with E-state index in [-0.39, 0.29) is 5.97 Å². The van der Waals surface area contributed by atoms with E-state index in [1.54, 1.807) is 25.1 Å². The van der Waals surface area contributed by atoms with Crippen molar-refractivity contribution >= 4 is 18.0 Å². The molecule has 4 nitrogen and oxygen atoms in total. The van der Waals surface area contributed by atoms with Crippen LogP contribution in [-0.2, 0) is 14.3 Å². The topological polar surface area (TPSA) is 52.6 Å². The highest BCUT2D eigenvalue weighted by Gasteiger charge is 2.14. The summed E-state index contributed by atoms with van der Waals surface area (Å²) in [6.07, 6.45) is 3.14. The van der Waals surface area contributed by atoms with Gasteiger partial charge in [-0.2, -0.15) is 0 Å². The first-order chi connectivity index (χ1) is 12.3. The van der Waals surface area contributed by atoms with E-state index >= 15 is 0 Å². The van der Waals surface area contributed by atoms with Crippen molar-refractivity contribution < 1.29 is 19.1 Å². The van der Waals surface area contributed by atoms with Crippen LogP contribution in [0.3, 0.4) is 0 Å². The van der Waals surface area contributed by atoms with E-state index in [0.717, 1.165) is 16.7 Å². The van der Waals surface area contributed by atoms with Gasteiger partial charge >= 0.3 is 11.9 Å². The van der Waals surface area contributed by atoms with Crippen molar-refractivity contribution in [3.63, 3.8) is 0 Å². The molecule has 0 saturated heterocycles. The van der Waals surface area contributed by atoms with E-state index in [9.17, 15) is 9.59 Å². The lowest BCUT2D eigenvalue weighted by molar-refractivity contribution is -0.148. The Bertz CT molecular complexity index is 813. The fourth-order valence-electron chi connectivity index (χ4n) is 2.43. The van der Waals surface area contributed by atoms with Crippen molar-refractivity contribution in [3.05, 3.63) is 65.7 Å². The van der Waals surface area contributed by atoms with E-state index in [2.05, 4.69) is 0 Å². The van der Waals surface area contributed by atoms with Crippen LogP contribution < -0.4 is 0 Å². The first-order valence-electron chi connectivity index (χ1n) is 8.58. The molecule has 0 spiro atoms. The molecule has 0 amide bonds. The van der Waals surface area contributed by atoms with Gasteiger partial charge in [-0.15, -0.1) is 0 Å². The molecule has 0 N–H and O–H groups in total. The quantitative estimate of drug-likeness (QED) is 0.568. The maximum atomic E-state index is 12.0. The first kappa shape index (κ1) is 19.4. The zero-order chi connectivity index (χ0) is 19.2. The lowest BCUT2D eigenvalue weighted by atomic mass is 9.98. The number of hydrogen-bond donors (Lipinski definition) is 0. The Morgan fingerprint density at radius 3 is 2.46 bits per heavy atom. The molecule has 0 heterocycles. The monoisotopic (exact) mass is 352 g/mol. The highest BCUT2D eigenvalue weighted by Crippen LogP contribution is 2.26. The number of carbonyl (C=O) groups excluding carboxylic acids is 2. The Labute approximate surface area is 154 Å². The summed E-state index contributed by atoms with van der Waals surface area (Å²) in [7, 11) is 0. The third-order valence-corrected chi connectivity index (χ3v) is 3.45. The lowest BCUT2D eigenvalue weighted by Gasteiger charge is -2.18. The lowest BCUT2D eigenvalue weighted by Crippen LogP contribution is -2.22. The zero-order valence-corrected chi connectivity index (χ0v) is 15.6. The molecule has 2 aromatic carbocycles. The molecule has 2 rings (SSSR count). The van der Waals surface area contributed by atoms with Gasteiger partial charge in [0.25, 0.3) is 0 Å². The Morgan fingerprint density at radius 1 is 1.04 bits per heavy atom. The zero-order valence-electron chi connectivity index (χ0n) is 15.6. The second kappa shape index (κ2) is 8.48. The maximum absolute atomic E-state index is 12.0. The summed E-state index contributed by atoms with van der Waals surface area (Å²) in [5.41, 5.74) is 2.61. The average molecular weight is 352 g/mol. The number of carbonyl (C=O) groups is 2. The molecule has 136 valence electrons. The van der Waals surface area contributed by atoms with Crippen LogP contribution in [0.1, 0.15) is 43.6 Å². The molecule has 0 aromatic heterocycles. The summed E-state index contributed by atoms with van der Waals surface area (Å²) in [4.78, 5) is 23.9. The van der Waals surface area contributed by atoms with E-state index in [0.29, 0.717) is 12.2 Å². The predicted octanol–water partition coefficient (Wildman–Crippen LogP) is 4.89. The third kappa shape index (κ3) is 5.59. The highest BCUT2D eigenvalue weighted by atomic mass is 16.6. The van der Waals surface area contributed by atoms with Crippen LogP contribution in [0.15, 0.2) is 54.6 Å². The van der Waals surface area contributed by atoms with Crippen LogP contribution in [-0.4, -0.2) is 24.1 Å². The van der Waals surface area contributed by atoms with Crippen LogP contribution in [0, 0.1) is 0 Å². The van der Waals surface area contributed by atoms with Crippen molar-refractivity contribution in [1.29, 1.82) is 0 Å².